The average Bonchev–Trinajstić information content (AvgIpc) is 2.76. The predicted molar refractivity (Wildman–Crippen MR) is 78.9 cm³/mol. The Labute approximate surface area is 126 Å². The first kappa shape index (κ1) is 17.1. The van der Waals surface area contributed by atoms with Gasteiger partial charge < -0.3 is 9.84 Å². The lowest BCUT2D eigenvalue weighted by molar-refractivity contribution is 0.192. The number of thiophene rings is 1. The van der Waals surface area contributed by atoms with Gasteiger partial charge in [-0.1, -0.05) is 0 Å². The summed E-state index contributed by atoms with van der Waals surface area (Å²) in [6.07, 6.45) is 2.62. The third-order valence-electron chi connectivity index (χ3n) is 2.47. The molecule has 0 bridgehead atoms. The number of methoxy groups -OCH3 is 1. The van der Waals surface area contributed by atoms with E-state index in [-0.39, 0.29) is 11.5 Å². The van der Waals surface area contributed by atoms with Crippen molar-refractivity contribution in [1.82, 2.24) is 4.72 Å². The monoisotopic (exact) mass is 371 g/mol. The van der Waals surface area contributed by atoms with Gasteiger partial charge in [-0.05, 0) is 41.3 Å². The minimum Gasteiger partial charge on any atom is -0.391 e. The minimum absolute atomic E-state index is 0.157. The first-order valence-electron chi connectivity index (χ1n) is 5.89. The Balaban J connectivity index is 2.49. The van der Waals surface area contributed by atoms with Crippen molar-refractivity contribution in [2.45, 2.75) is 30.8 Å². The number of unbranched alkanes of at least 4 members (excludes halogenated alkanes) is 2. The zero-order valence-corrected chi connectivity index (χ0v) is 13.9. The van der Waals surface area contributed by atoms with Crippen LogP contribution >= 0.6 is 27.3 Å². The standard InChI is InChI=1S/C11H18BrNO4S2/c1-17-6-4-2-3-5-13-19(15,16)10-7-9(8-14)18-11(10)12/h7,13-14H,2-6,8H2,1H3. The highest BCUT2D eigenvalue weighted by Gasteiger charge is 2.20. The summed E-state index contributed by atoms with van der Waals surface area (Å²) < 4.78 is 32.1. The van der Waals surface area contributed by atoms with Gasteiger partial charge >= 0.3 is 0 Å². The first-order chi connectivity index (χ1) is 9.01. The van der Waals surface area contributed by atoms with E-state index in [1.54, 1.807) is 7.11 Å². The molecule has 0 radical (unpaired) electrons. The highest BCUT2D eigenvalue weighted by Crippen LogP contribution is 2.31. The SMILES string of the molecule is COCCCCCNS(=O)(=O)c1cc(CO)sc1Br. The van der Waals surface area contributed by atoms with Crippen LogP contribution in [-0.4, -0.2) is 33.8 Å². The molecule has 0 aliphatic carbocycles. The quantitative estimate of drug-likeness (QED) is 0.651. The Hall–Kier alpha value is 0.01000. The first-order valence-corrected chi connectivity index (χ1v) is 8.98. The van der Waals surface area contributed by atoms with Gasteiger partial charge in [-0.3, -0.25) is 0 Å². The number of nitrogens with one attached hydrogen (secondary N) is 1. The maximum absolute atomic E-state index is 12.0. The van der Waals surface area contributed by atoms with E-state index in [0.717, 1.165) is 19.3 Å². The molecule has 1 rings (SSSR count). The van der Waals surface area contributed by atoms with Crippen molar-refractivity contribution < 1.29 is 18.3 Å². The number of hydrogen-bond donors (Lipinski definition) is 2. The molecule has 0 aromatic carbocycles. The Kier molecular flexibility index (Phi) is 7.48. The zero-order valence-electron chi connectivity index (χ0n) is 10.7. The topological polar surface area (TPSA) is 75.6 Å². The van der Waals surface area contributed by atoms with Crippen molar-refractivity contribution in [3.63, 3.8) is 0 Å². The molecular formula is C11H18BrNO4S2. The number of aliphatic hydroxyl groups excluding tert-OH is 1. The van der Waals surface area contributed by atoms with Crippen LogP contribution in [0, 0.1) is 0 Å². The molecule has 0 unspecified atom stereocenters. The van der Waals surface area contributed by atoms with E-state index >= 15 is 0 Å². The number of hydrogen-bond acceptors (Lipinski definition) is 5. The number of ether oxygens (including phenoxy) is 1. The van der Waals surface area contributed by atoms with Crippen molar-refractivity contribution >= 4 is 37.3 Å². The van der Waals surface area contributed by atoms with E-state index in [0.29, 0.717) is 21.8 Å². The van der Waals surface area contributed by atoms with E-state index in [1.165, 1.54) is 17.4 Å². The molecule has 0 spiro atoms. The van der Waals surface area contributed by atoms with E-state index in [2.05, 4.69) is 20.7 Å². The lowest BCUT2D eigenvalue weighted by Crippen LogP contribution is -2.24. The van der Waals surface area contributed by atoms with Crippen LogP contribution in [0.25, 0.3) is 0 Å². The van der Waals surface area contributed by atoms with Crippen LogP contribution in [0.4, 0.5) is 0 Å². The van der Waals surface area contributed by atoms with Crippen molar-refractivity contribution in [3.8, 4) is 0 Å². The molecule has 8 heteroatoms. The maximum atomic E-state index is 12.0. The maximum Gasteiger partial charge on any atom is 0.242 e. The zero-order chi connectivity index (χ0) is 14.3. The molecule has 0 aliphatic rings. The van der Waals surface area contributed by atoms with Crippen molar-refractivity contribution in [2.24, 2.45) is 0 Å². The molecule has 0 amide bonds. The number of sulfonamides is 1. The number of rotatable bonds is 9. The summed E-state index contributed by atoms with van der Waals surface area (Å²) in [7, 11) is -1.85. The van der Waals surface area contributed by atoms with Crippen LogP contribution in [0.15, 0.2) is 14.7 Å². The van der Waals surface area contributed by atoms with Crippen molar-refractivity contribution in [2.75, 3.05) is 20.3 Å². The van der Waals surface area contributed by atoms with Crippen molar-refractivity contribution in [1.29, 1.82) is 0 Å². The fourth-order valence-corrected chi connectivity index (χ4v) is 5.11. The van der Waals surface area contributed by atoms with E-state index in [1.807, 2.05) is 0 Å². The fourth-order valence-electron chi connectivity index (χ4n) is 1.49. The summed E-state index contributed by atoms with van der Waals surface area (Å²) in [5.41, 5.74) is 0. The molecular weight excluding hydrogens is 354 g/mol. The van der Waals surface area contributed by atoms with Gasteiger partial charge in [-0.15, -0.1) is 11.3 Å². The van der Waals surface area contributed by atoms with E-state index in [9.17, 15) is 8.42 Å². The molecule has 5 nitrogen and oxygen atoms in total. The highest BCUT2D eigenvalue weighted by molar-refractivity contribution is 9.11. The van der Waals surface area contributed by atoms with Gasteiger partial charge in [-0.2, -0.15) is 0 Å². The third-order valence-corrected chi connectivity index (χ3v) is 6.17. The second-order valence-electron chi connectivity index (χ2n) is 3.96. The summed E-state index contributed by atoms with van der Waals surface area (Å²) >= 11 is 4.43. The lowest BCUT2D eigenvalue weighted by atomic mass is 10.2. The van der Waals surface area contributed by atoms with Gasteiger partial charge in [0, 0.05) is 25.1 Å². The van der Waals surface area contributed by atoms with Crippen LogP contribution in [0.1, 0.15) is 24.1 Å². The minimum atomic E-state index is -3.50. The smallest absolute Gasteiger partial charge is 0.242 e. The largest absolute Gasteiger partial charge is 0.391 e. The molecule has 2 N–H and O–H groups in total. The lowest BCUT2D eigenvalue weighted by Gasteiger charge is -2.05. The summed E-state index contributed by atoms with van der Waals surface area (Å²) in [5, 5.41) is 9.00. The van der Waals surface area contributed by atoms with Crippen LogP contribution in [-0.2, 0) is 21.4 Å². The molecule has 1 aromatic heterocycles. The molecule has 0 atom stereocenters. The van der Waals surface area contributed by atoms with Gasteiger partial charge in [0.15, 0.2) is 0 Å². The van der Waals surface area contributed by atoms with E-state index < -0.39 is 10.0 Å². The average molecular weight is 372 g/mol. The second-order valence-corrected chi connectivity index (χ2v) is 8.15. The van der Waals surface area contributed by atoms with Gasteiger partial charge in [0.05, 0.1) is 10.4 Å². The molecule has 110 valence electrons. The van der Waals surface area contributed by atoms with Crippen molar-refractivity contribution in [3.05, 3.63) is 14.7 Å². The van der Waals surface area contributed by atoms with Crippen LogP contribution < -0.4 is 4.72 Å². The summed E-state index contributed by atoms with van der Waals surface area (Å²) in [6, 6.07) is 1.49. The highest BCUT2D eigenvalue weighted by atomic mass is 79.9. The normalized spacial score (nSPS) is 11.9. The summed E-state index contributed by atoms with van der Waals surface area (Å²) in [5.74, 6) is 0. The Morgan fingerprint density at radius 3 is 2.74 bits per heavy atom. The predicted octanol–water partition coefficient (Wildman–Crippen LogP) is 2.10. The third kappa shape index (κ3) is 5.49. The van der Waals surface area contributed by atoms with E-state index in [4.69, 9.17) is 9.84 Å². The molecule has 0 saturated carbocycles. The number of halogens is 1. The second kappa shape index (κ2) is 8.33. The van der Waals surface area contributed by atoms with Gasteiger partial charge in [0.2, 0.25) is 10.0 Å². The van der Waals surface area contributed by atoms with Gasteiger partial charge in [-0.25, -0.2) is 13.1 Å². The summed E-state index contributed by atoms with van der Waals surface area (Å²) in [4.78, 5) is 0.811. The Morgan fingerprint density at radius 1 is 1.42 bits per heavy atom. The summed E-state index contributed by atoms with van der Waals surface area (Å²) in [6.45, 7) is 0.946. The Morgan fingerprint density at radius 2 is 2.16 bits per heavy atom. The molecule has 1 aromatic rings. The van der Waals surface area contributed by atoms with Gasteiger partial charge in [0.1, 0.15) is 4.90 Å². The molecule has 19 heavy (non-hydrogen) atoms. The van der Waals surface area contributed by atoms with Gasteiger partial charge in [0.25, 0.3) is 0 Å². The molecule has 0 fully saturated rings. The molecule has 1 heterocycles. The van der Waals surface area contributed by atoms with Crippen LogP contribution in [0.5, 0.6) is 0 Å². The Bertz CT molecular complexity index is 487. The molecule has 0 aliphatic heterocycles. The van der Waals surface area contributed by atoms with Crippen LogP contribution in [0.3, 0.4) is 0 Å². The molecule has 0 saturated heterocycles. The number of aliphatic hydroxyl groups is 1. The van der Waals surface area contributed by atoms with Crippen LogP contribution in [0.2, 0.25) is 0 Å². The fraction of sp³-hybridized carbons (Fsp3) is 0.636.